The Morgan fingerprint density at radius 2 is 2.25 bits per heavy atom. The second-order valence-corrected chi connectivity index (χ2v) is 3.75. The van der Waals surface area contributed by atoms with Crippen molar-refractivity contribution in [2.75, 3.05) is 26.8 Å². The normalized spacial score (nSPS) is 27.2. The topological polar surface area (TPSA) is 12.5 Å². The molecule has 0 aromatic carbocycles. The average Bonchev–Trinajstić information content (AvgIpc) is 2.03. The van der Waals surface area contributed by atoms with Crippen molar-refractivity contribution >= 4 is 0 Å². The third-order valence-corrected chi connectivity index (χ3v) is 2.16. The smallest absolute Gasteiger partial charge is 0.0658 e. The van der Waals surface area contributed by atoms with E-state index >= 15 is 0 Å². The quantitative estimate of drug-likeness (QED) is 0.581. The second kappa shape index (κ2) is 4.63. The van der Waals surface area contributed by atoms with Gasteiger partial charge in [0.1, 0.15) is 0 Å². The number of rotatable bonds is 2. The number of hydrogen-bond donors (Lipinski definition) is 0. The summed E-state index contributed by atoms with van der Waals surface area (Å²) in [5, 5.41) is 0. The van der Waals surface area contributed by atoms with Gasteiger partial charge in [0.2, 0.25) is 0 Å². The van der Waals surface area contributed by atoms with Crippen LogP contribution in [0, 0.1) is 5.92 Å². The highest BCUT2D eigenvalue weighted by Gasteiger charge is 2.15. The summed E-state index contributed by atoms with van der Waals surface area (Å²) < 4.78 is 5.39. The van der Waals surface area contributed by atoms with Gasteiger partial charge in [-0.25, -0.2) is 0 Å². The number of ether oxygens (including phenoxy) is 1. The summed E-state index contributed by atoms with van der Waals surface area (Å²) in [7, 11) is 2.15. The summed E-state index contributed by atoms with van der Waals surface area (Å²) in [5.74, 6) is 0.639. The van der Waals surface area contributed by atoms with Gasteiger partial charge in [0.05, 0.1) is 19.3 Å². The minimum Gasteiger partial charge on any atom is -0.378 e. The van der Waals surface area contributed by atoms with E-state index in [-0.39, 0.29) is 0 Å². The zero-order valence-corrected chi connectivity index (χ0v) is 8.29. The predicted octanol–water partition coefficient (Wildman–Crippen LogP) is 1.53. The van der Waals surface area contributed by atoms with Crippen LogP contribution >= 0.6 is 0 Å². The Labute approximate surface area is 75.2 Å². The lowest BCUT2D eigenvalue weighted by Gasteiger charge is -2.30. The lowest BCUT2D eigenvalue weighted by molar-refractivity contribution is 0.0232. The van der Waals surface area contributed by atoms with Crippen LogP contribution in [0.5, 0.6) is 0 Å². The van der Waals surface area contributed by atoms with Gasteiger partial charge in [0.15, 0.2) is 0 Å². The van der Waals surface area contributed by atoms with E-state index in [0.29, 0.717) is 12.0 Å². The molecule has 0 aromatic rings. The molecule has 1 atom stereocenters. The number of morpholine rings is 1. The van der Waals surface area contributed by atoms with Gasteiger partial charge in [-0.2, -0.15) is 0 Å². The number of likely N-dealkylation sites (N-methyl/N-ethyl adjacent to an activating group) is 1. The molecule has 0 amide bonds. The van der Waals surface area contributed by atoms with Crippen LogP contribution < -0.4 is 0 Å². The molecule has 2 nitrogen and oxygen atoms in total. The number of hydrogen-bond acceptors (Lipinski definition) is 2. The maximum absolute atomic E-state index is 5.39. The fourth-order valence-electron chi connectivity index (χ4n) is 1.26. The molecular weight excluding hydrogens is 150 g/mol. The van der Waals surface area contributed by atoms with Gasteiger partial charge >= 0.3 is 0 Å². The van der Waals surface area contributed by atoms with Crippen LogP contribution in [0.2, 0.25) is 0 Å². The standard InChI is InChI=1S/C10H19NO/c1-9(2)4-5-10-8-12-7-6-11(10)3/h4-5,9-10H,6-8H2,1-3H3/b5-4+. The Morgan fingerprint density at radius 1 is 1.50 bits per heavy atom. The van der Waals surface area contributed by atoms with Gasteiger partial charge in [0, 0.05) is 6.54 Å². The molecule has 12 heavy (non-hydrogen) atoms. The monoisotopic (exact) mass is 169 g/mol. The van der Waals surface area contributed by atoms with Crippen molar-refractivity contribution < 1.29 is 4.74 Å². The molecular formula is C10H19NO. The Kier molecular flexibility index (Phi) is 3.76. The third-order valence-electron chi connectivity index (χ3n) is 2.16. The maximum atomic E-state index is 5.39. The van der Waals surface area contributed by atoms with E-state index in [0.717, 1.165) is 19.8 Å². The summed E-state index contributed by atoms with van der Waals surface area (Å²) in [6, 6.07) is 0.487. The Bertz CT molecular complexity index is 154. The molecule has 0 N–H and O–H groups in total. The first-order valence-corrected chi connectivity index (χ1v) is 4.66. The minimum absolute atomic E-state index is 0.487. The molecule has 2 heteroatoms. The minimum atomic E-state index is 0.487. The average molecular weight is 169 g/mol. The van der Waals surface area contributed by atoms with Crippen molar-refractivity contribution in [1.82, 2.24) is 4.90 Å². The summed E-state index contributed by atoms with van der Waals surface area (Å²) in [5.41, 5.74) is 0. The highest BCUT2D eigenvalue weighted by molar-refractivity contribution is 4.96. The van der Waals surface area contributed by atoms with Crippen LogP contribution in [0.25, 0.3) is 0 Å². The Balaban J connectivity index is 2.38. The Hall–Kier alpha value is -0.340. The Morgan fingerprint density at radius 3 is 2.83 bits per heavy atom. The first kappa shape index (κ1) is 9.75. The molecule has 1 rings (SSSR count). The number of allylic oxidation sites excluding steroid dienone is 1. The maximum Gasteiger partial charge on any atom is 0.0658 e. The van der Waals surface area contributed by atoms with Gasteiger partial charge in [-0.1, -0.05) is 26.0 Å². The van der Waals surface area contributed by atoms with Crippen LogP contribution in [0.3, 0.4) is 0 Å². The number of nitrogens with zero attached hydrogens (tertiary/aromatic N) is 1. The lowest BCUT2D eigenvalue weighted by atomic mass is 10.1. The van der Waals surface area contributed by atoms with Gasteiger partial charge < -0.3 is 4.74 Å². The largest absolute Gasteiger partial charge is 0.378 e. The van der Waals surface area contributed by atoms with Crippen molar-refractivity contribution in [2.45, 2.75) is 19.9 Å². The van der Waals surface area contributed by atoms with Crippen molar-refractivity contribution in [3.8, 4) is 0 Å². The fraction of sp³-hybridized carbons (Fsp3) is 0.800. The highest BCUT2D eigenvalue weighted by Crippen LogP contribution is 2.06. The van der Waals surface area contributed by atoms with Crippen LogP contribution in [0.4, 0.5) is 0 Å². The van der Waals surface area contributed by atoms with Crippen molar-refractivity contribution in [3.05, 3.63) is 12.2 Å². The fourth-order valence-corrected chi connectivity index (χ4v) is 1.26. The highest BCUT2D eigenvalue weighted by atomic mass is 16.5. The van der Waals surface area contributed by atoms with E-state index in [1.54, 1.807) is 0 Å². The molecule has 1 saturated heterocycles. The van der Waals surface area contributed by atoms with E-state index in [1.807, 2.05) is 0 Å². The van der Waals surface area contributed by atoms with Crippen molar-refractivity contribution in [2.24, 2.45) is 5.92 Å². The van der Waals surface area contributed by atoms with Crippen LogP contribution in [0.15, 0.2) is 12.2 Å². The molecule has 0 spiro atoms. The van der Waals surface area contributed by atoms with Crippen LogP contribution in [0.1, 0.15) is 13.8 Å². The van der Waals surface area contributed by atoms with E-state index in [4.69, 9.17) is 4.74 Å². The zero-order chi connectivity index (χ0) is 8.97. The molecule has 1 fully saturated rings. The molecule has 0 radical (unpaired) electrons. The van der Waals surface area contributed by atoms with Gasteiger partial charge in [0.25, 0.3) is 0 Å². The SMILES string of the molecule is CC(C)/C=C/C1COCCN1C. The zero-order valence-electron chi connectivity index (χ0n) is 8.29. The van der Waals surface area contributed by atoms with Gasteiger partial charge in [-0.3, -0.25) is 4.90 Å². The summed E-state index contributed by atoms with van der Waals surface area (Å²) >= 11 is 0. The molecule has 0 saturated carbocycles. The first-order valence-electron chi connectivity index (χ1n) is 4.66. The summed E-state index contributed by atoms with van der Waals surface area (Å²) in [4.78, 5) is 2.34. The first-order chi connectivity index (χ1) is 5.70. The van der Waals surface area contributed by atoms with E-state index in [2.05, 4.69) is 37.9 Å². The van der Waals surface area contributed by atoms with E-state index in [1.165, 1.54) is 0 Å². The second-order valence-electron chi connectivity index (χ2n) is 3.75. The van der Waals surface area contributed by atoms with Crippen LogP contribution in [-0.4, -0.2) is 37.7 Å². The predicted molar refractivity (Wildman–Crippen MR) is 51.2 cm³/mol. The van der Waals surface area contributed by atoms with E-state index < -0.39 is 0 Å². The summed E-state index contributed by atoms with van der Waals surface area (Å²) in [6.45, 7) is 7.16. The molecule has 1 unspecified atom stereocenters. The van der Waals surface area contributed by atoms with Crippen LogP contribution in [-0.2, 0) is 4.74 Å². The van der Waals surface area contributed by atoms with Gasteiger partial charge in [-0.15, -0.1) is 0 Å². The van der Waals surface area contributed by atoms with E-state index in [9.17, 15) is 0 Å². The third kappa shape index (κ3) is 2.95. The summed E-state index contributed by atoms with van der Waals surface area (Å²) in [6.07, 6.45) is 4.50. The molecule has 1 aliphatic heterocycles. The van der Waals surface area contributed by atoms with Crippen molar-refractivity contribution in [3.63, 3.8) is 0 Å². The molecule has 1 aliphatic rings. The molecule has 0 aliphatic carbocycles. The molecule has 1 heterocycles. The lowest BCUT2D eigenvalue weighted by Crippen LogP contribution is -2.41. The molecule has 70 valence electrons. The molecule has 0 aromatic heterocycles. The van der Waals surface area contributed by atoms with Crippen molar-refractivity contribution in [1.29, 1.82) is 0 Å². The van der Waals surface area contributed by atoms with Gasteiger partial charge in [-0.05, 0) is 13.0 Å². The molecule has 0 bridgehead atoms.